The van der Waals surface area contributed by atoms with Crippen LogP contribution in [0.15, 0.2) is 9.98 Å². The van der Waals surface area contributed by atoms with Gasteiger partial charge in [-0.3, -0.25) is 39.1 Å². The lowest BCUT2D eigenvalue weighted by atomic mass is 10.1. The van der Waals surface area contributed by atoms with Gasteiger partial charge in [-0.2, -0.15) is 0 Å². The molecule has 0 aromatic carbocycles. The molecule has 0 spiro atoms. The summed E-state index contributed by atoms with van der Waals surface area (Å²) in [4.78, 5) is 56.2. The number of guanidine groups is 1. The van der Waals surface area contributed by atoms with E-state index in [0.29, 0.717) is 12.8 Å². The number of phosphoric ester groups is 1. The molecule has 7 atom stereocenters. The van der Waals surface area contributed by atoms with Crippen LogP contribution in [0.3, 0.4) is 0 Å². The molecule has 3 N–H and O–H groups in total. The fourth-order valence-corrected chi connectivity index (χ4v) is 4.76. The predicted molar refractivity (Wildman–Crippen MR) is 106 cm³/mol. The lowest BCUT2D eigenvalue weighted by Crippen LogP contribution is -2.58. The van der Waals surface area contributed by atoms with Crippen molar-refractivity contribution in [2.45, 2.75) is 76.5 Å². The molecule has 2 amide bonds. The van der Waals surface area contributed by atoms with E-state index in [1.807, 2.05) is 6.92 Å². The van der Waals surface area contributed by atoms with Gasteiger partial charge in [0.2, 0.25) is 18.2 Å². The van der Waals surface area contributed by atoms with E-state index in [-0.39, 0.29) is 24.7 Å². The number of ether oxygens (including phenoxy) is 2. The summed E-state index contributed by atoms with van der Waals surface area (Å²) in [6, 6.07) is -0.927. The molecule has 2 saturated heterocycles. The van der Waals surface area contributed by atoms with Crippen LogP contribution in [0.2, 0.25) is 0 Å². The zero-order valence-corrected chi connectivity index (χ0v) is 18.3. The molecule has 4 aliphatic heterocycles. The van der Waals surface area contributed by atoms with E-state index in [9.17, 15) is 23.8 Å². The van der Waals surface area contributed by atoms with Crippen molar-refractivity contribution in [3.05, 3.63) is 0 Å². The molecule has 15 heteroatoms. The number of carbonyl (C=O) groups excluding carboxylic acids is 3. The third-order valence-electron chi connectivity index (χ3n) is 5.11. The third kappa shape index (κ3) is 4.41. The van der Waals surface area contributed by atoms with Gasteiger partial charge in [-0.25, -0.2) is 9.56 Å². The molecule has 32 heavy (non-hydrogen) atoms. The first kappa shape index (κ1) is 22.8. The van der Waals surface area contributed by atoms with Crippen molar-refractivity contribution in [3.8, 4) is 0 Å². The lowest BCUT2D eigenvalue weighted by molar-refractivity contribution is -0.164. The molecule has 0 saturated carbocycles. The van der Waals surface area contributed by atoms with E-state index in [1.165, 1.54) is 11.2 Å². The van der Waals surface area contributed by atoms with Gasteiger partial charge < -0.3 is 19.3 Å². The summed E-state index contributed by atoms with van der Waals surface area (Å²) in [5, 5.41) is 5.03. The Morgan fingerprint density at radius 2 is 2.06 bits per heavy atom. The number of carbonyl (C=O) groups is 3. The zero-order valence-electron chi connectivity index (χ0n) is 17.4. The van der Waals surface area contributed by atoms with Gasteiger partial charge in [0.1, 0.15) is 0 Å². The number of hydrogen-bond donors (Lipinski definition) is 3. The Morgan fingerprint density at radius 3 is 2.78 bits per heavy atom. The number of aliphatic imine (C=N–C) groups is 2. The van der Waals surface area contributed by atoms with Gasteiger partial charge >= 0.3 is 13.8 Å². The number of fused-ring (bicyclic) bond motifs is 2. The molecule has 4 rings (SSSR count). The minimum absolute atomic E-state index is 0.0321. The van der Waals surface area contributed by atoms with Crippen LogP contribution < -0.4 is 10.6 Å². The van der Waals surface area contributed by atoms with E-state index in [2.05, 4.69) is 20.6 Å². The van der Waals surface area contributed by atoms with Crippen LogP contribution in [0.1, 0.15) is 39.5 Å². The maximum atomic E-state index is 12.5. The SMILES string of the molecule is CCCC(=O)NC1=NC2C(N=CN2[C@@H]2O[C@H]3OP(=O)(O)O[C@@H]3[C@@H]2OC(=O)CCC)C(=O)N1. The normalized spacial score (nSPS) is 37.5. The summed E-state index contributed by atoms with van der Waals surface area (Å²) in [7, 11) is -4.35. The first-order valence-electron chi connectivity index (χ1n) is 10.3. The van der Waals surface area contributed by atoms with Gasteiger partial charge in [0.05, 0.1) is 6.34 Å². The number of amides is 2. The van der Waals surface area contributed by atoms with Crippen LogP contribution in [-0.2, 0) is 37.5 Å². The average molecular weight is 473 g/mol. The largest absolute Gasteiger partial charge is 0.475 e. The monoisotopic (exact) mass is 473 g/mol. The molecule has 176 valence electrons. The topological polar surface area (TPSA) is 177 Å². The first-order chi connectivity index (χ1) is 15.2. The summed E-state index contributed by atoms with van der Waals surface area (Å²) in [5.74, 6) is -1.38. The summed E-state index contributed by atoms with van der Waals surface area (Å²) in [6.45, 7) is 3.64. The van der Waals surface area contributed by atoms with E-state index < -0.39 is 56.6 Å². The molecule has 4 aliphatic rings. The molecule has 14 nitrogen and oxygen atoms in total. The summed E-state index contributed by atoms with van der Waals surface area (Å²) >= 11 is 0. The molecule has 0 aliphatic carbocycles. The highest BCUT2D eigenvalue weighted by atomic mass is 31.2. The second-order valence-electron chi connectivity index (χ2n) is 7.58. The zero-order chi connectivity index (χ0) is 23.0. The quantitative estimate of drug-likeness (QED) is 0.331. The molecular formula is C17H24N5O9P. The Labute approximate surface area is 182 Å². The van der Waals surface area contributed by atoms with Gasteiger partial charge in [-0.15, -0.1) is 0 Å². The van der Waals surface area contributed by atoms with Crippen LogP contribution in [-0.4, -0.2) is 76.8 Å². The Kier molecular flexibility index (Phi) is 6.32. The van der Waals surface area contributed by atoms with Crippen LogP contribution in [0.4, 0.5) is 0 Å². The van der Waals surface area contributed by atoms with E-state index >= 15 is 0 Å². The number of phosphoric acid groups is 1. The van der Waals surface area contributed by atoms with Gasteiger partial charge in [-0.05, 0) is 12.8 Å². The van der Waals surface area contributed by atoms with Crippen molar-refractivity contribution in [2.75, 3.05) is 0 Å². The fourth-order valence-electron chi connectivity index (χ4n) is 3.75. The van der Waals surface area contributed by atoms with Crippen LogP contribution in [0.25, 0.3) is 0 Å². The highest BCUT2D eigenvalue weighted by Crippen LogP contribution is 2.57. The maximum Gasteiger partial charge on any atom is 0.475 e. The Balaban J connectivity index is 1.57. The molecule has 2 fully saturated rings. The van der Waals surface area contributed by atoms with Crippen LogP contribution in [0, 0.1) is 0 Å². The molecule has 4 heterocycles. The van der Waals surface area contributed by atoms with E-state index in [1.54, 1.807) is 6.92 Å². The summed E-state index contributed by atoms with van der Waals surface area (Å²) in [6.07, 6.45) is -2.71. The van der Waals surface area contributed by atoms with Crippen LogP contribution in [0.5, 0.6) is 0 Å². The first-order valence-corrected chi connectivity index (χ1v) is 11.8. The standard InChI is InChI=1S/C17H24N5O9P/c1-3-5-8(23)19-17-20-13-10(14(25)21-17)18-7-22(13)15-11(28-9(24)6-4-2)12-16(29-15)31-32(26,27)30-12/h7,10-13,15-16H,3-6H2,1-2H3,(H,26,27)(H2,19,20,21,23,25)/t10?,11-,12+,13?,15+,16-/m0/s1. The summed E-state index contributed by atoms with van der Waals surface area (Å²) < 4.78 is 33.0. The van der Waals surface area contributed by atoms with Gasteiger partial charge in [0, 0.05) is 12.8 Å². The Bertz CT molecular complexity index is 911. The number of esters is 1. The van der Waals surface area contributed by atoms with Gasteiger partial charge in [0.25, 0.3) is 5.91 Å². The second-order valence-corrected chi connectivity index (χ2v) is 8.94. The van der Waals surface area contributed by atoms with Crippen molar-refractivity contribution in [2.24, 2.45) is 9.98 Å². The minimum Gasteiger partial charge on any atom is -0.454 e. The highest BCUT2D eigenvalue weighted by molar-refractivity contribution is 7.47. The molecule has 0 radical (unpaired) electrons. The van der Waals surface area contributed by atoms with Crippen molar-refractivity contribution in [3.63, 3.8) is 0 Å². The molecule has 0 bridgehead atoms. The number of nitrogens with zero attached hydrogens (tertiary/aromatic N) is 3. The molecule has 0 aromatic rings. The van der Waals surface area contributed by atoms with Crippen molar-refractivity contribution < 1.29 is 42.4 Å². The maximum absolute atomic E-state index is 12.5. The van der Waals surface area contributed by atoms with Gasteiger partial charge in [0.15, 0.2) is 30.6 Å². The smallest absolute Gasteiger partial charge is 0.454 e. The predicted octanol–water partition coefficient (Wildman–Crippen LogP) is -0.663. The molecule has 0 aromatic heterocycles. The number of rotatable bonds is 6. The highest BCUT2D eigenvalue weighted by Gasteiger charge is 2.61. The average Bonchev–Trinajstić information content (AvgIpc) is 3.33. The van der Waals surface area contributed by atoms with Crippen molar-refractivity contribution >= 4 is 37.9 Å². The van der Waals surface area contributed by atoms with Gasteiger partial charge in [-0.1, -0.05) is 13.8 Å². The second kappa shape index (κ2) is 8.87. The number of nitrogens with one attached hydrogen (secondary N) is 2. The Hall–Kier alpha value is -2.38. The number of hydrogen-bond acceptors (Lipinski definition) is 11. The van der Waals surface area contributed by atoms with E-state index in [0.717, 1.165) is 0 Å². The fraction of sp³-hybridized carbons (Fsp3) is 0.706. The Morgan fingerprint density at radius 1 is 1.31 bits per heavy atom. The van der Waals surface area contributed by atoms with Crippen molar-refractivity contribution in [1.82, 2.24) is 15.5 Å². The van der Waals surface area contributed by atoms with Crippen LogP contribution >= 0.6 is 7.82 Å². The molecular weight excluding hydrogens is 449 g/mol. The van der Waals surface area contributed by atoms with Crippen molar-refractivity contribution in [1.29, 1.82) is 0 Å². The third-order valence-corrected chi connectivity index (χ3v) is 6.09. The van der Waals surface area contributed by atoms with E-state index in [4.69, 9.17) is 18.5 Å². The lowest BCUT2D eigenvalue weighted by Gasteiger charge is -2.34. The molecule has 3 unspecified atom stereocenters. The minimum atomic E-state index is -4.35. The summed E-state index contributed by atoms with van der Waals surface area (Å²) in [5.41, 5.74) is 0.